The van der Waals surface area contributed by atoms with Crippen LogP contribution >= 0.6 is 0 Å². The monoisotopic (exact) mass is 244 g/mol. The average molecular weight is 244 g/mol. The Bertz CT molecular complexity index is 478. The molecule has 3 heteroatoms. The molecule has 1 N–H and O–H groups in total. The second kappa shape index (κ2) is 5.83. The van der Waals surface area contributed by atoms with E-state index >= 15 is 0 Å². The van der Waals surface area contributed by atoms with Crippen LogP contribution in [0.1, 0.15) is 43.5 Å². The summed E-state index contributed by atoms with van der Waals surface area (Å²) in [4.78, 5) is 0. The highest BCUT2D eigenvalue weighted by Crippen LogP contribution is 2.30. The van der Waals surface area contributed by atoms with Crippen molar-refractivity contribution in [3.8, 4) is 0 Å². The molecule has 2 rings (SSSR count). The van der Waals surface area contributed by atoms with E-state index in [0.717, 1.165) is 24.2 Å². The van der Waals surface area contributed by atoms with Crippen LogP contribution in [0.25, 0.3) is 0 Å². The van der Waals surface area contributed by atoms with Crippen molar-refractivity contribution in [2.45, 2.75) is 38.8 Å². The Morgan fingerprint density at radius 1 is 1.22 bits per heavy atom. The Hall–Kier alpha value is -1.61. The van der Waals surface area contributed by atoms with Crippen molar-refractivity contribution in [1.82, 2.24) is 9.78 Å². The largest absolute Gasteiger partial charge is 0.386 e. The van der Waals surface area contributed by atoms with Gasteiger partial charge >= 0.3 is 0 Å². The van der Waals surface area contributed by atoms with Gasteiger partial charge in [0.2, 0.25) is 0 Å². The molecule has 3 nitrogen and oxygen atoms in total. The molecular formula is C15H20N2O. The second-order valence-electron chi connectivity index (χ2n) is 4.62. The third-order valence-corrected chi connectivity index (χ3v) is 3.29. The molecule has 0 fully saturated rings. The van der Waals surface area contributed by atoms with Gasteiger partial charge in [-0.05, 0) is 18.1 Å². The van der Waals surface area contributed by atoms with E-state index in [-0.39, 0.29) is 5.92 Å². The van der Waals surface area contributed by atoms with Crippen LogP contribution in [0.15, 0.2) is 42.6 Å². The number of aliphatic hydroxyl groups excluding tert-OH is 1. The SMILES string of the molecule is CCCn1nccc1C(O)C(C)c1ccccc1. The van der Waals surface area contributed by atoms with Gasteiger partial charge < -0.3 is 5.11 Å². The third-order valence-electron chi connectivity index (χ3n) is 3.29. The number of hydrogen-bond acceptors (Lipinski definition) is 2. The summed E-state index contributed by atoms with van der Waals surface area (Å²) < 4.78 is 1.89. The van der Waals surface area contributed by atoms with Gasteiger partial charge in [0.25, 0.3) is 0 Å². The lowest BCUT2D eigenvalue weighted by Gasteiger charge is -2.20. The molecule has 1 heterocycles. The molecule has 96 valence electrons. The zero-order valence-electron chi connectivity index (χ0n) is 11.0. The molecule has 0 saturated heterocycles. The summed E-state index contributed by atoms with van der Waals surface area (Å²) in [6.45, 7) is 5.00. The zero-order valence-corrected chi connectivity index (χ0v) is 11.0. The van der Waals surface area contributed by atoms with Gasteiger partial charge in [-0.2, -0.15) is 5.10 Å². The summed E-state index contributed by atoms with van der Waals surface area (Å²) >= 11 is 0. The van der Waals surface area contributed by atoms with Gasteiger partial charge in [0, 0.05) is 18.7 Å². The minimum Gasteiger partial charge on any atom is -0.386 e. The van der Waals surface area contributed by atoms with E-state index in [1.54, 1.807) is 6.20 Å². The number of hydrogen-bond donors (Lipinski definition) is 1. The number of aryl methyl sites for hydroxylation is 1. The first kappa shape index (κ1) is 12.8. The molecule has 0 saturated carbocycles. The fraction of sp³-hybridized carbons (Fsp3) is 0.400. The summed E-state index contributed by atoms with van der Waals surface area (Å²) in [6.07, 6.45) is 2.26. The molecule has 0 aliphatic rings. The summed E-state index contributed by atoms with van der Waals surface area (Å²) in [5, 5.41) is 14.7. The highest BCUT2D eigenvalue weighted by Gasteiger charge is 2.21. The number of nitrogens with zero attached hydrogens (tertiary/aromatic N) is 2. The van der Waals surface area contributed by atoms with Crippen LogP contribution in [0.5, 0.6) is 0 Å². The van der Waals surface area contributed by atoms with Gasteiger partial charge in [-0.25, -0.2) is 0 Å². The van der Waals surface area contributed by atoms with Crippen molar-refractivity contribution < 1.29 is 5.11 Å². The highest BCUT2D eigenvalue weighted by molar-refractivity contribution is 5.22. The van der Waals surface area contributed by atoms with Crippen LogP contribution in [0.3, 0.4) is 0 Å². The molecule has 2 aromatic rings. The van der Waals surface area contributed by atoms with E-state index in [9.17, 15) is 5.11 Å². The summed E-state index contributed by atoms with van der Waals surface area (Å²) in [6, 6.07) is 12.0. The van der Waals surface area contributed by atoms with Gasteiger partial charge in [0.05, 0.1) is 5.69 Å². The van der Waals surface area contributed by atoms with Gasteiger partial charge in [-0.1, -0.05) is 44.2 Å². The van der Waals surface area contributed by atoms with Crippen LogP contribution in [0, 0.1) is 0 Å². The number of rotatable bonds is 5. The predicted molar refractivity (Wildman–Crippen MR) is 72.3 cm³/mol. The Kier molecular flexibility index (Phi) is 4.15. The number of aromatic nitrogens is 2. The molecule has 0 aliphatic heterocycles. The lowest BCUT2D eigenvalue weighted by molar-refractivity contribution is 0.140. The Labute approximate surface area is 108 Å². The normalized spacial score (nSPS) is 14.4. The molecule has 0 aliphatic carbocycles. The maximum atomic E-state index is 10.5. The van der Waals surface area contributed by atoms with Gasteiger partial charge in [-0.3, -0.25) is 4.68 Å². The molecule has 0 amide bonds. The molecule has 0 spiro atoms. The molecule has 1 aromatic heterocycles. The smallest absolute Gasteiger partial charge is 0.102 e. The standard InChI is InChI=1S/C15H20N2O/c1-3-11-17-14(9-10-16-17)15(18)12(2)13-7-5-4-6-8-13/h4-10,12,15,18H,3,11H2,1-2H3. The van der Waals surface area contributed by atoms with E-state index in [1.807, 2.05) is 35.9 Å². The first-order valence-electron chi connectivity index (χ1n) is 6.48. The van der Waals surface area contributed by atoms with Gasteiger partial charge in [0.15, 0.2) is 0 Å². The zero-order chi connectivity index (χ0) is 13.0. The Morgan fingerprint density at radius 2 is 1.94 bits per heavy atom. The summed E-state index contributed by atoms with van der Waals surface area (Å²) in [7, 11) is 0. The molecule has 0 radical (unpaired) electrons. The minimum atomic E-state index is -0.513. The maximum absolute atomic E-state index is 10.5. The third kappa shape index (κ3) is 2.62. The topological polar surface area (TPSA) is 38.0 Å². The first-order chi connectivity index (χ1) is 8.74. The van der Waals surface area contributed by atoms with Crippen molar-refractivity contribution in [2.24, 2.45) is 0 Å². The Morgan fingerprint density at radius 3 is 2.61 bits per heavy atom. The average Bonchev–Trinajstić information content (AvgIpc) is 2.87. The minimum absolute atomic E-state index is 0.0681. The number of aliphatic hydroxyl groups is 1. The Balaban J connectivity index is 2.20. The van der Waals surface area contributed by atoms with Crippen LogP contribution < -0.4 is 0 Å². The van der Waals surface area contributed by atoms with E-state index in [1.165, 1.54) is 0 Å². The fourth-order valence-electron chi connectivity index (χ4n) is 2.19. The maximum Gasteiger partial charge on any atom is 0.102 e. The molecule has 18 heavy (non-hydrogen) atoms. The molecule has 1 aromatic carbocycles. The van der Waals surface area contributed by atoms with Crippen molar-refractivity contribution in [2.75, 3.05) is 0 Å². The van der Waals surface area contributed by atoms with E-state index in [0.29, 0.717) is 0 Å². The van der Waals surface area contributed by atoms with Gasteiger partial charge in [-0.15, -0.1) is 0 Å². The molecular weight excluding hydrogens is 224 g/mol. The number of benzene rings is 1. The molecule has 2 unspecified atom stereocenters. The molecule has 0 bridgehead atoms. The highest BCUT2D eigenvalue weighted by atomic mass is 16.3. The fourth-order valence-corrected chi connectivity index (χ4v) is 2.19. The molecule has 2 atom stereocenters. The lowest BCUT2D eigenvalue weighted by Crippen LogP contribution is -2.14. The quantitative estimate of drug-likeness (QED) is 0.877. The van der Waals surface area contributed by atoms with Crippen LogP contribution in [-0.4, -0.2) is 14.9 Å². The van der Waals surface area contributed by atoms with Crippen LogP contribution in [-0.2, 0) is 6.54 Å². The van der Waals surface area contributed by atoms with Crippen LogP contribution in [0.2, 0.25) is 0 Å². The van der Waals surface area contributed by atoms with Gasteiger partial charge in [0.1, 0.15) is 6.10 Å². The first-order valence-corrected chi connectivity index (χ1v) is 6.48. The predicted octanol–water partition coefficient (Wildman–Crippen LogP) is 3.13. The van der Waals surface area contributed by atoms with Crippen LogP contribution in [0.4, 0.5) is 0 Å². The summed E-state index contributed by atoms with van der Waals surface area (Å²) in [5.74, 6) is 0.0681. The summed E-state index contributed by atoms with van der Waals surface area (Å²) in [5.41, 5.74) is 2.04. The lowest BCUT2D eigenvalue weighted by atomic mass is 9.93. The van der Waals surface area contributed by atoms with Crippen molar-refractivity contribution >= 4 is 0 Å². The van der Waals surface area contributed by atoms with Crippen molar-refractivity contribution in [1.29, 1.82) is 0 Å². The van der Waals surface area contributed by atoms with E-state index < -0.39 is 6.10 Å². The van der Waals surface area contributed by atoms with Crippen molar-refractivity contribution in [3.63, 3.8) is 0 Å². The van der Waals surface area contributed by atoms with E-state index in [2.05, 4.69) is 24.2 Å². The second-order valence-corrected chi connectivity index (χ2v) is 4.62. The van der Waals surface area contributed by atoms with E-state index in [4.69, 9.17) is 0 Å². The van der Waals surface area contributed by atoms with Crippen molar-refractivity contribution in [3.05, 3.63) is 53.9 Å².